The molecule has 0 aliphatic rings. The third kappa shape index (κ3) is 4.66. The van der Waals surface area contributed by atoms with Gasteiger partial charge >= 0.3 is 5.63 Å². The quantitative estimate of drug-likeness (QED) is 0.588. The molecule has 0 spiro atoms. The van der Waals surface area contributed by atoms with Crippen molar-refractivity contribution in [2.75, 3.05) is 13.7 Å². The Morgan fingerprint density at radius 1 is 1.24 bits per heavy atom. The minimum absolute atomic E-state index is 0.180. The van der Waals surface area contributed by atoms with Crippen LogP contribution < -0.4 is 15.1 Å². The van der Waals surface area contributed by atoms with Crippen LogP contribution in [-0.4, -0.2) is 18.8 Å². The lowest BCUT2D eigenvalue weighted by molar-refractivity contribution is 0.316. The number of hydrogen-bond donors (Lipinski definition) is 1. The van der Waals surface area contributed by atoms with E-state index in [1.807, 2.05) is 13.0 Å². The second-order valence-corrected chi connectivity index (χ2v) is 6.08. The van der Waals surface area contributed by atoms with E-state index in [1.54, 1.807) is 18.2 Å². The summed E-state index contributed by atoms with van der Waals surface area (Å²) in [5.41, 5.74) is 1.98. The normalized spacial score (nSPS) is 11.4. The maximum Gasteiger partial charge on any atom is 0.383 e. The Kier molecular flexibility index (Phi) is 6.28. The highest BCUT2D eigenvalue weighted by Crippen LogP contribution is 2.37. The molecule has 1 aromatic heterocycles. The van der Waals surface area contributed by atoms with E-state index < -0.39 is 5.63 Å². The summed E-state index contributed by atoms with van der Waals surface area (Å²) >= 11 is 0. The molecule has 25 heavy (non-hydrogen) atoms. The number of fused-ring (bicyclic) bond motifs is 1. The molecule has 0 radical (unpaired) electrons. The number of allylic oxidation sites excluding steroid dienone is 3. The van der Waals surface area contributed by atoms with Gasteiger partial charge < -0.3 is 19.0 Å². The molecule has 134 valence electrons. The average Bonchev–Trinajstić information content (AvgIpc) is 2.56. The van der Waals surface area contributed by atoms with Crippen LogP contribution in [0.2, 0.25) is 0 Å². The van der Waals surface area contributed by atoms with Gasteiger partial charge in [0.25, 0.3) is 0 Å². The van der Waals surface area contributed by atoms with Gasteiger partial charge in [-0.2, -0.15) is 0 Å². The van der Waals surface area contributed by atoms with Gasteiger partial charge in [0.05, 0.1) is 7.11 Å². The van der Waals surface area contributed by atoms with Crippen molar-refractivity contribution in [2.45, 2.75) is 33.6 Å². The van der Waals surface area contributed by atoms with E-state index in [9.17, 15) is 9.90 Å². The highest BCUT2D eigenvalue weighted by atomic mass is 16.5. The Balaban J connectivity index is 2.19. The average molecular weight is 344 g/mol. The predicted molar refractivity (Wildman–Crippen MR) is 98.6 cm³/mol. The molecule has 2 rings (SSSR count). The molecule has 2 aromatic rings. The van der Waals surface area contributed by atoms with Crippen molar-refractivity contribution in [3.8, 4) is 17.2 Å². The number of methoxy groups -OCH3 is 1. The summed E-state index contributed by atoms with van der Waals surface area (Å²) in [5.74, 6) is -0.0540. The van der Waals surface area contributed by atoms with Gasteiger partial charge in [-0.25, -0.2) is 4.79 Å². The van der Waals surface area contributed by atoms with E-state index in [-0.39, 0.29) is 23.7 Å². The largest absolute Gasteiger partial charge is 0.503 e. The molecule has 0 aliphatic heterocycles. The Labute approximate surface area is 147 Å². The molecule has 0 aliphatic carbocycles. The molecule has 1 aromatic carbocycles. The van der Waals surface area contributed by atoms with Crippen LogP contribution in [0.3, 0.4) is 0 Å². The zero-order valence-corrected chi connectivity index (χ0v) is 15.1. The van der Waals surface area contributed by atoms with Crippen LogP contribution in [0.5, 0.6) is 17.2 Å². The molecule has 0 saturated heterocycles. The van der Waals surface area contributed by atoms with Crippen LogP contribution in [-0.2, 0) is 0 Å². The van der Waals surface area contributed by atoms with Crippen LogP contribution in [0, 0.1) is 0 Å². The van der Waals surface area contributed by atoms with Gasteiger partial charge in [0, 0.05) is 0 Å². The van der Waals surface area contributed by atoms with Crippen LogP contribution in [0.15, 0.2) is 50.7 Å². The minimum atomic E-state index is -0.714. The summed E-state index contributed by atoms with van der Waals surface area (Å²) in [6.07, 6.45) is 5.95. The predicted octanol–water partition coefficient (Wildman–Crippen LogP) is 4.58. The van der Waals surface area contributed by atoms with Crippen LogP contribution >= 0.6 is 0 Å². The highest BCUT2D eigenvalue weighted by molar-refractivity contribution is 5.91. The third-order valence-corrected chi connectivity index (χ3v) is 3.80. The van der Waals surface area contributed by atoms with Crippen molar-refractivity contribution in [2.24, 2.45) is 0 Å². The molecule has 0 atom stereocenters. The van der Waals surface area contributed by atoms with Crippen molar-refractivity contribution in [1.82, 2.24) is 0 Å². The molecular formula is C20H24O5. The first-order chi connectivity index (χ1) is 11.9. The summed E-state index contributed by atoms with van der Waals surface area (Å²) in [6, 6.07) is 4.96. The van der Waals surface area contributed by atoms with Crippen LogP contribution in [0.25, 0.3) is 11.0 Å². The van der Waals surface area contributed by atoms with Crippen molar-refractivity contribution in [3.63, 3.8) is 0 Å². The summed E-state index contributed by atoms with van der Waals surface area (Å²) in [4.78, 5) is 12.1. The highest BCUT2D eigenvalue weighted by Gasteiger charge is 2.18. The summed E-state index contributed by atoms with van der Waals surface area (Å²) in [6.45, 7) is 6.32. The summed E-state index contributed by atoms with van der Waals surface area (Å²) in [7, 11) is 1.48. The fraction of sp³-hybridized carbons (Fsp3) is 0.350. The van der Waals surface area contributed by atoms with Gasteiger partial charge in [0.2, 0.25) is 5.75 Å². The molecule has 5 heteroatoms. The zero-order valence-electron chi connectivity index (χ0n) is 15.1. The molecule has 1 heterocycles. The van der Waals surface area contributed by atoms with Gasteiger partial charge in [0.1, 0.15) is 23.3 Å². The summed E-state index contributed by atoms with van der Waals surface area (Å²) in [5, 5.41) is 10.7. The van der Waals surface area contributed by atoms with E-state index in [1.165, 1.54) is 12.7 Å². The number of rotatable bonds is 7. The second kappa shape index (κ2) is 8.42. The van der Waals surface area contributed by atoms with Crippen molar-refractivity contribution in [3.05, 3.63) is 51.9 Å². The first-order valence-corrected chi connectivity index (χ1v) is 8.18. The van der Waals surface area contributed by atoms with Crippen LogP contribution in [0.4, 0.5) is 0 Å². The first-order valence-electron chi connectivity index (χ1n) is 8.18. The van der Waals surface area contributed by atoms with Gasteiger partial charge in [-0.1, -0.05) is 23.3 Å². The number of hydrogen-bond acceptors (Lipinski definition) is 5. The Bertz CT molecular complexity index is 854. The zero-order chi connectivity index (χ0) is 18.4. The van der Waals surface area contributed by atoms with E-state index in [0.29, 0.717) is 11.1 Å². The van der Waals surface area contributed by atoms with Crippen molar-refractivity contribution < 1.29 is 19.0 Å². The Morgan fingerprint density at radius 2 is 2.00 bits per heavy atom. The topological polar surface area (TPSA) is 68.9 Å². The van der Waals surface area contributed by atoms with Crippen molar-refractivity contribution >= 4 is 11.0 Å². The standard InChI is InChI=1S/C20H24O5/c1-13(2)7-5-8-14(3)11-12-24-19-18(21)17-15(23-4)9-6-10-16(17)25-20(19)22/h6-7,9-11,21H,5,8,12H2,1-4H3. The second-order valence-electron chi connectivity index (χ2n) is 6.08. The van der Waals surface area contributed by atoms with E-state index in [4.69, 9.17) is 13.9 Å². The van der Waals surface area contributed by atoms with Gasteiger partial charge in [0.15, 0.2) is 5.75 Å². The van der Waals surface area contributed by atoms with Gasteiger partial charge in [-0.05, 0) is 51.8 Å². The molecule has 5 nitrogen and oxygen atoms in total. The molecule has 0 saturated carbocycles. The summed E-state index contributed by atoms with van der Waals surface area (Å²) < 4.78 is 15.9. The van der Waals surface area contributed by atoms with Crippen molar-refractivity contribution in [1.29, 1.82) is 0 Å². The van der Waals surface area contributed by atoms with Crippen LogP contribution in [0.1, 0.15) is 33.6 Å². The minimum Gasteiger partial charge on any atom is -0.503 e. The van der Waals surface area contributed by atoms with Gasteiger partial charge in [-0.15, -0.1) is 0 Å². The number of aromatic hydroxyl groups is 1. The lowest BCUT2D eigenvalue weighted by Gasteiger charge is -2.10. The number of benzene rings is 1. The monoisotopic (exact) mass is 344 g/mol. The molecule has 0 amide bonds. The molecule has 0 fully saturated rings. The molecule has 1 N–H and O–H groups in total. The lowest BCUT2D eigenvalue weighted by atomic mass is 10.1. The Hall–Kier alpha value is -2.69. The lowest BCUT2D eigenvalue weighted by Crippen LogP contribution is -2.08. The number of ether oxygens (including phenoxy) is 2. The van der Waals surface area contributed by atoms with E-state index >= 15 is 0 Å². The van der Waals surface area contributed by atoms with E-state index in [2.05, 4.69) is 19.9 Å². The maximum atomic E-state index is 12.1. The molecular weight excluding hydrogens is 320 g/mol. The van der Waals surface area contributed by atoms with Gasteiger partial charge in [-0.3, -0.25) is 0 Å². The molecule has 0 unspecified atom stereocenters. The fourth-order valence-electron chi connectivity index (χ4n) is 2.44. The first kappa shape index (κ1) is 18.6. The van der Waals surface area contributed by atoms with E-state index in [0.717, 1.165) is 18.4 Å². The fourth-order valence-corrected chi connectivity index (χ4v) is 2.44. The maximum absolute atomic E-state index is 12.1. The Morgan fingerprint density at radius 3 is 2.68 bits per heavy atom. The smallest absolute Gasteiger partial charge is 0.383 e. The third-order valence-electron chi connectivity index (χ3n) is 3.80. The molecule has 0 bridgehead atoms. The SMILES string of the molecule is COc1cccc2oc(=O)c(OCC=C(C)CCC=C(C)C)c(O)c12.